The zero-order valence-corrected chi connectivity index (χ0v) is 17.1. The Labute approximate surface area is 168 Å². The summed E-state index contributed by atoms with van der Waals surface area (Å²) >= 11 is 0. The molecule has 0 aromatic rings. The normalized spacial score (nSPS) is 53.5. The number of rotatable bonds is 2. The number of nitriles is 1. The molecule has 3 heterocycles. The maximum atomic E-state index is 10.0. The van der Waals surface area contributed by atoms with Crippen LogP contribution in [-0.2, 0) is 14.2 Å². The van der Waals surface area contributed by atoms with Crippen LogP contribution in [0, 0.1) is 40.9 Å². The highest BCUT2D eigenvalue weighted by atomic mass is 16.7. The molecule has 28 heavy (non-hydrogen) atoms. The van der Waals surface area contributed by atoms with Gasteiger partial charge in [-0.05, 0) is 62.7 Å². The predicted molar refractivity (Wildman–Crippen MR) is 103 cm³/mol. The number of piperidine rings is 2. The largest absolute Gasteiger partial charge is 0.381 e. The van der Waals surface area contributed by atoms with Gasteiger partial charge in [0.15, 0.2) is 6.17 Å². The molecule has 3 saturated heterocycles. The third-order valence-corrected chi connectivity index (χ3v) is 9.03. The van der Waals surface area contributed by atoms with E-state index in [1.807, 2.05) is 7.11 Å². The molecule has 5 aliphatic rings. The summed E-state index contributed by atoms with van der Waals surface area (Å²) in [6.45, 7) is 1.59. The Morgan fingerprint density at radius 1 is 0.964 bits per heavy atom. The number of nitrogens with one attached hydrogen (secondary N) is 1. The molecule has 0 radical (unpaired) electrons. The van der Waals surface area contributed by atoms with Crippen molar-refractivity contribution in [2.75, 3.05) is 20.4 Å². The number of fused-ring (bicyclic) bond motifs is 4. The SMILES string of the molecule is COC1CCC(C2CC3C4CC5OCOC5CC4CC[NH+]3C(N)C2C#N)CC1. The van der Waals surface area contributed by atoms with Gasteiger partial charge in [0.1, 0.15) is 12.7 Å². The summed E-state index contributed by atoms with van der Waals surface area (Å²) in [5, 5.41) is 10.0. The predicted octanol–water partition coefficient (Wildman–Crippen LogP) is 1.06. The van der Waals surface area contributed by atoms with E-state index in [-0.39, 0.29) is 18.2 Å². The number of quaternary nitrogens is 1. The van der Waals surface area contributed by atoms with E-state index in [2.05, 4.69) is 6.07 Å². The minimum Gasteiger partial charge on any atom is -0.381 e. The summed E-state index contributed by atoms with van der Waals surface area (Å²) in [4.78, 5) is 1.51. The number of ether oxygens (including phenoxy) is 3. The first-order valence-corrected chi connectivity index (χ1v) is 11.5. The van der Waals surface area contributed by atoms with Crippen LogP contribution < -0.4 is 10.6 Å². The average molecular weight is 391 g/mol. The van der Waals surface area contributed by atoms with Gasteiger partial charge >= 0.3 is 0 Å². The van der Waals surface area contributed by atoms with Gasteiger partial charge in [-0.15, -0.1) is 0 Å². The van der Waals surface area contributed by atoms with E-state index < -0.39 is 0 Å². The molecule has 156 valence electrons. The van der Waals surface area contributed by atoms with E-state index in [0.717, 1.165) is 38.1 Å². The van der Waals surface area contributed by atoms with Gasteiger partial charge in [0, 0.05) is 19.4 Å². The monoisotopic (exact) mass is 390 g/mol. The third-order valence-electron chi connectivity index (χ3n) is 9.03. The third kappa shape index (κ3) is 3.20. The molecule has 3 N–H and O–H groups in total. The van der Waals surface area contributed by atoms with Gasteiger partial charge in [0.2, 0.25) is 0 Å². The van der Waals surface area contributed by atoms with Crippen LogP contribution in [0.15, 0.2) is 0 Å². The highest BCUT2D eigenvalue weighted by Crippen LogP contribution is 2.45. The molecule has 0 spiro atoms. The first kappa shape index (κ1) is 19.3. The highest BCUT2D eigenvalue weighted by Gasteiger charge is 2.56. The Hall–Kier alpha value is -0.710. The molecule has 9 unspecified atom stereocenters. The fourth-order valence-electron chi connectivity index (χ4n) is 7.53. The van der Waals surface area contributed by atoms with Gasteiger partial charge in [-0.1, -0.05) is 0 Å². The van der Waals surface area contributed by atoms with E-state index in [1.165, 1.54) is 30.6 Å². The van der Waals surface area contributed by atoms with Crippen molar-refractivity contribution in [2.24, 2.45) is 35.3 Å². The van der Waals surface area contributed by atoms with E-state index in [1.54, 1.807) is 0 Å². The summed E-state index contributed by atoms with van der Waals surface area (Å²) in [6, 6.07) is 3.24. The minimum absolute atomic E-state index is 0.00528. The topological polar surface area (TPSA) is 81.9 Å². The number of nitrogens with zero attached hydrogens (tertiary/aromatic N) is 1. The Morgan fingerprint density at radius 2 is 1.71 bits per heavy atom. The molecule has 3 aliphatic heterocycles. The van der Waals surface area contributed by atoms with Gasteiger partial charge in [-0.25, -0.2) is 0 Å². The summed E-state index contributed by atoms with van der Waals surface area (Å²) in [7, 11) is 1.83. The van der Waals surface area contributed by atoms with Crippen molar-refractivity contribution >= 4 is 0 Å². The Balaban J connectivity index is 1.35. The van der Waals surface area contributed by atoms with Crippen molar-refractivity contribution in [1.82, 2.24) is 0 Å². The summed E-state index contributed by atoms with van der Waals surface area (Å²) in [5.74, 6) is 2.49. The van der Waals surface area contributed by atoms with Gasteiger partial charge in [-0.2, -0.15) is 5.26 Å². The second kappa shape index (κ2) is 7.85. The molecule has 0 amide bonds. The van der Waals surface area contributed by atoms with Crippen LogP contribution in [0.5, 0.6) is 0 Å². The fraction of sp³-hybridized carbons (Fsp3) is 0.955. The Kier molecular flexibility index (Phi) is 5.40. The summed E-state index contributed by atoms with van der Waals surface area (Å²) < 4.78 is 17.3. The minimum atomic E-state index is -0.0340. The number of hydrogen-bond donors (Lipinski definition) is 2. The van der Waals surface area contributed by atoms with Gasteiger partial charge < -0.3 is 19.1 Å². The van der Waals surface area contributed by atoms with E-state index in [9.17, 15) is 5.26 Å². The number of hydrogen-bond acceptors (Lipinski definition) is 5. The molecule has 9 atom stereocenters. The molecule has 2 aliphatic carbocycles. The zero-order chi connectivity index (χ0) is 19.3. The van der Waals surface area contributed by atoms with Crippen LogP contribution in [0.3, 0.4) is 0 Å². The fourth-order valence-corrected chi connectivity index (χ4v) is 7.53. The molecule has 6 nitrogen and oxygen atoms in total. The lowest BCUT2D eigenvalue weighted by Gasteiger charge is -2.54. The Bertz CT molecular complexity index is 602. The second-order valence-corrected chi connectivity index (χ2v) is 10.00. The first-order valence-electron chi connectivity index (χ1n) is 11.5. The van der Waals surface area contributed by atoms with Crippen molar-refractivity contribution in [2.45, 2.75) is 81.9 Å². The molecule has 6 heteroatoms. The van der Waals surface area contributed by atoms with Crippen LogP contribution in [0.1, 0.15) is 51.4 Å². The van der Waals surface area contributed by atoms with Gasteiger partial charge in [-0.3, -0.25) is 5.73 Å². The van der Waals surface area contributed by atoms with Crippen LogP contribution in [0.2, 0.25) is 0 Å². The van der Waals surface area contributed by atoms with E-state index in [0.29, 0.717) is 42.8 Å². The molecule has 2 saturated carbocycles. The first-order chi connectivity index (χ1) is 13.7. The number of methoxy groups -OCH3 is 1. The van der Waals surface area contributed by atoms with Crippen LogP contribution in [0.25, 0.3) is 0 Å². The molecule has 5 rings (SSSR count). The van der Waals surface area contributed by atoms with E-state index >= 15 is 0 Å². The maximum absolute atomic E-state index is 10.0. The van der Waals surface area contributed by atoms with Crippen molar-refractivity contribution in [3.63, 3.8) is 0 Å². The molecule has 5 fully saturated rings. The molecular formula is C22H36N3O3+. The van der Waals surface area contributed by atoms with Crippen molar-refractivity contribution < 1.29 is 19.1 Å². The van der Waals surface area contributed by atoms with Crippen LogP contribution in [-0.4, -0.2) is 51.0 Å². The smallest absolute Gasteiger partial charge is 0.155 e. The van der Waals surface area contributed by atoms with Crippen LogP contribution >= 0.6 is 0 Å². The van der Waals surface area contributed by atoms with Crippen molar-refractivity contribution in [3.05, 3.63) is 0 Å². The molecule has 0 bridgehead atoms. The molecular weight excluding hydrogens is 354 g/mol. The lowest BCUT2D eigenvalue weighted by molar-refractivity contribution is -0.970. The van der Waals surface area contributed by atoms with Gasteiger partial charge in [0.25, 0.3) is 0 Å². The lowest BCUT2D eigenvalue weighted by atomic mass is 9.61. The van der Waals surface area contributed by atoms with E-state index in [4.69, 9.17) is 19.9 Å². The zero-order valence-electron chi connectivity index (χ0n) is 17.1. The molecule has 0 aromatic carbocycles. The average Bonchev–Trinajstić information content (AvgIpc) is 3.19. The van der Waals surface area contributed by atoms with Gasteiger partial charge in [0.05, 0.1) is 37.0 Å². The van der Waals surface area contributed by atoms with Crippen molar-refractivity contribution in [3.8, 4) is 6.07 Å². The lowest BCUT2D eigenvalue weighted by Crippen LogP contribution is -3.24. The standard InChI is InChI=1S/C22H35N3O3/c1-26-15-4-2-13(3-5-15)16-9-19-17-10-21-20(27-12-28-21)8-14(17)6-7-25(19)22(24)18(16)11-23/h13-22H,2-10,12,24H2,1H3/p+1. The molecule has 0 aromatic heterocycles. The number of nitrogens with two attached hydrogens (primary N) is 1. The second-order valence-electron chi connectivity index (χ2n) is 10.00. The summed E-state index contributed by atoms with van der Waals surface area (Å²) in [6.07, 6.45) is 10.3. The van der Waals surface area contributed by atoms with Crippen LogP contribution in [0.4, 0.5) is 0 Å². The quantitative estimate of drug-likeness (QED) is 0.737. The Morgan fingerprint density at radius 3 is 2.43 bits per heavy atom. The summed E-state index contributed by atoms with van der Waals surface area (Å²) in [5.41, 5.74) is 6.78. The van der Waals surface area contributed by atoms with Crippen molar-refractivity contribution in [1.29, 1.82) is 5.26 Å². The maximum Gasteiger partial charge on any atom is 0.155 e. The highest BCUT2D eigenvalue weighted by molar-refractivity contribution is 5.02.